The molecule has 0 aliphatic rings. The third kappa shape index (κ3) is 3.73. The van der Waals surface area contributed by atoms with Gasteiger partial charge in [0.1, 0.15) is 6.61 Å². The summed E-state index contributed by atoms with van der Waals surface area (Å²) in [5.41, 5.74) is 0.933. The number of hydrogen-bond donors (Lipinski definition) is 0. The highest BCUT2D eigenvalue weighted by Crippen LogP contribution is 2.22. The highest BCUT2D eigenvalue weighted by Gasteiger charge is 1.99. The summed E-state index contributed by atoms with van der Waals surface area (Å²) >= 11 is 13.3. The second-order valence-electron chi connectivity index (χ2n) is 3.27. The molecule has 0 amide bonds. The van der Waals surface area contributed by atoms with Gasteiger partial charge in [-0.3, -0.25) is 0 Å². The summed E-state index contributed by atoms with van der Waals surface area (Å²) < 4.78 is 0. The molecule has 0 spiro atoms. The number of benzene rings is 1. The second kappa shape index (κ2) is 6.05. The summed E-state index contributed by atoms with van der Waals surface area (Å²) in [5, 5.41) is 6.92. The van der Waals surface area contributed by atoms with E-state index in [2.05, 4.69) is 5.16 Å². The van der Waals surface area contributed by atoms with Crippen molar-refractivity contribution < 1.29 is 4.84 Å². The number of rotatable bonds is 4. The van der Waals surface area contributed by atoms with Gasteiger partial charge in [0.25, 0.3) is 0 Å². The van der Waals surface area contributed by atoms with Crippen molar-refractivity contribution in [2.24, 2.45) is 5.16 Å². The van der Waals surface area contributed by atoms with Gasteiger partial charge in [-0.2, -0.15) is 0 Å². The smallest absolute Gasteiger partial charge is 0.142 e. The molecular formula is C12H9Cl2NOS. The molecule has 1 aromatic heterocycles. The SMILES string of the molecule is Clc1ccc(CO/N=C/c2cccs2)cc1Cl. The first-order valence-electron chi connectivity index (χ1n) is 4.88. The number of nitrogens with zero attached hydrogens (tertiary/aromatic N) is 1. The standard InChI is InChI=1S/C12H9Cl2NOS/c13-11-4-3-9(6-12(11)14)8-16-15-7-10-2-1-5-17-10/h1-7H,8H2/b15-7+. The summed E-state index contributed by atoms with van der Waals surface area (Å²) in [6, 6.07) is 9.30. The molecule has 0 bridgehead atoms. The van der Waals surface area contributed by atoms with Crippen LogP contribution in [0, 0.1) is 0 Å². The molecular weight excluding hydrogens is 277 g/mol. The number of hydrogen-bond acceptors (Lipinski definition) is 3. The van der Waals surface area contributed by atoms with Gasteiger partial charge in [-0.05, 0) is 29.1 Å². The van der Waals surface area contributed by atoms with Crippen molar-refractivity contribution in [3.63, 3.8) is 0 Å². The minimum atomic E-state index is 0.374. The molecule has 0 unspecified atom stereocenters. The lowest BCUT2D eigenvalue weighted by Gasteiger charge is -2.01. The van der Waals surface area contributed by atoms with Crippen molar-refractivity contribution in [2.75, 3.05) is 0 Å². The molecule has 2 aromatic rings. The Morgan fingerprint density at radius 3 is 2.82 bits per heavy atom. The topological polar surface area (TPSA) is 21.6 Å². The van der Waals surface area contributed by atoms with Gasteiger partial charge in [-0.25, -0.2) is 0 Å². The van der Waals surface area contributed by atoms with Crippen molar-refractivity contribution >= 4 is 40.8 Å². The fraction of sp³-hybridized carbons (Fsp3) is 0.0833. The normalized spacial score (nSPS) is 10.9. The molecule has 0 aliphatic heterocycles. The van der Waals surface area contributed by atoms with E-state index in [1.807, 2.05) is 23.6 Å². The van der Waals surface area contributed by atoms with Crippen molar-refractivity contribution in [1.82, 2.24) is 0 Å². The molecule has 0 saturated carbocycles. The van der Waals surface area contributed by atoms with E-state index in [9.17, 15) is 0 Å². The van der Waals surface area contributed by atoms with Crippen molar-refractivity contribution in [3.8, 4) is 0 Å². The molecule has 1 aromatic carbocycles. The Balaban J connectivity index is 1.88. The lowest BCUT2D eigenvalue weighted by Crippen LogP contribution is -1.87. The number of thiophene rings is 1. The van der Waals surface area contributed by atoms with Crippen LogP contribution in [0.4, 0.5) is 0 Å². The van der Waals surface area contributed by atoms with E-state index in [4.69, 9.17) is 28.0 Å². The molecule has 0 N–H and O–H groups in total. The maximum absolute atomic E-state index is 5.88. The Bertz CT molecular complexity index is 511. The Morgan fingerprint density at radius 1 is 1.24 bits per heavy atom. The van der Waals surface area contributed by atoms with Crippen LogP contribution in [0.1, 0.15) is 10.4 Å². The maximum atomic E-state index is 5.88. The van der Waals surface area contributed by atoms with Crippen LogP contribution in [0.15, 0.2) is 40.9 Å². The van der Waals surface area contributed by atoms with Crippen molar-refractivity contribution in [2.45, 2.75) is 6.61 Å². The zero-order valence-electron chi connectivity index (χ0n) is 8.77. The van der Waals surface area contributed by atoms with Crippen LogP contribution in [0.2, 0.25) is 10.0 Å². The number of halogens is 2. The lowest BCUT2D eigenvalue weighted by molar-refractivity contribution is 0.132. The van der Waals surface area contributed by atoms with Gasteiger partial charge < -0.3 is 4.84 Å². The summed E-state index contributed by atoms with van der Waals surface area (Å²) in [5.74, 6) is 0. The Hall–Kier alpha value is -1.03. The predicted octanol–water partition coefficient (Wildman–Crippen LogP) is 4.61. The van der Waals surface area contributed by atoms with Crippen LogP contribution in [-0.4, -0.2) is 6.21 Å². The fourth-order valence-electron chi connectivity index (χ4n) is 1.20. The second-order valence-corrected chi connectivity index (χ2v) is 5.07. The van der Waals surface area contributed by atoms with E-state index in [0.717, 1.165) is 10.4 Å². The van der Waals surface area contributed by atoms with E-state index in [1.54, 1.807) is 29.7 Å². The molecule has 2 nitrogen and oxygen atoms in total. The zero-order valence-corrected chi connectivity index (χ0v) is 11.1. The maximum Gasteiger partial charge on any atom is 0.142 e. The van der Waals surface area contributed by atoms with Crippen molar-refractivity contribution in [3.05, 3.63) is 56.2 Å². The third-order valence-electron chi connectivity index (χ3n) is 2.01. The van der Waals surface area contributed by atoms with Gasteiger partial charge in [0.2, 0.25) is 0 Å². The highest BCUT2D eigenvalue weighted by atomic mass is 35.5. The summed E-state index contributed by atoms with van der Waals surface area (Å²) in [7, 11) is 0. The molecule has 17 heavy (non-hydrogen) atoms. The van der Waals surface area contributed by atoms with Gasteiger partial charge >= 0.3 is 0 Å². The summed E-state index contributed by atoms with van der Waals surface area (Å²) in [6.45, 7) is 0.374. The minimum Gasteiger partial charge on any atom is -0.391 e. The van der Waals surface area contributed by atoms with Crippen molar-refractivity contribution in [1.29, 1.82) is 0 Å². The van der Waals surface area contributed by atoms with E-state index in [0.29, 0.717) is 16.7 Å². The molecule has 0 radical (unpaired) electrons. The molecule has 88 valence electrons. The minimum absolute atomic E-state index is 0.374. The van der Waals surface area contributed by atoms with Crippen LogP contribution >= 0.6 is 34.5 Å². The monoisotopic (exact) mass is 285 g/mol. The Kier molecular flexibility index (Phi) is 4.42. The van der Waals surface area contributed by atoms with E-state index in [1.165, 1.54) is 0 Å². The highest BCUT2D eigenvalue weighted by molar-refractivity contribution is 7.11. The molecule has 1 heterocycles. The fourth-order valence-corrected chi connectivity index (χ4v) is 2.09. The molecule has 0 fully saturated rings. The van der Waals surface area contributed by atoms with Crippen LogP contribution in [0.25, 0.3) is 0 Å². The van der Waals surface area contributed by atoms with E-state index < -0.39 is 0 Å². The lowest BCUT2D eigenvalue weighted by atomic mass is 10.2. The summed E-state index contributed by atoms with van der Waals surface area (Å²) in [4.78, 5) is 6.22. The first kappa shape index (κ1) is 12.4. The summed E-state index contributed by atoms with van der Waals surface area (Å²) in [6.07, 6.45) is 1.68. The van der Waals surface area contributed by atoms with Crippen LogP contribution in [-0.2, 0) is 11.4 Å². The average Bonchev–Trinajstić information content (AvgIpc) is 2.82. The van der Waals surface area contributed by atoms with Gasteiger partial charge in [0.15, 0.2) is 0 Å². The van der Waals surface area contributed by atoms with Gasteiger partial charge in [-0.1, -0.05) is 40.5 Å². The van der Waals surface area contributed by atoms with Gasteiger partial charge in [-0.15, -0.1) is 11.3 Å². The predicted molar refractivity (Wildman–Crippen MR) is 73.2 cm³/mol. The first-order valence-corrected chi connectivity index (χ1v) is 6.52. The Morgan fingerprint density at radius 2 is 2.12 bits per heavy atom. The molecule has 2 rings (SSSR count). The first-order chi connectivity index (χ1) is 8.25. The van der Waals surface area contributed by atoms with Crippen LogP contribution < -0.4 is 0 Å². The molecule has 0 aliphatic carbocycles. The van der Waals surface area contributed by atoms with Gasteiger partial charge in [0.05, 0.1) is 16.3 Å². The van der Waals surface area contributed by atoms with E-state index >= 15 is 0 Å². The molecule has 0 atom stereocenters. The third-order valence-corrected chi connectivity index (χ3v) is 3.56. The van der Waals surface area contributed by atoms with E-state index in [-0.39, 0.29) is 0 Å². The van der Waals surface area contributed by atoms with Crippen LogP contribution in [0.3, 0.4) is 0 Å². The zero-order chi connectivity index (χ0) is 12.1. The Labute approximate surface area is 113 Å². The quantitative estimate of drug-likeness (QED) is 0.594. The van der Waals surface area contributed by atoms with Gasteiger partial charge in [0, 0.05) is 4.88 Å². The average molecular weight is 286 g/mol. The largest absolute Gasteiger partial charge is 0.391 e. The molecule has 5 heteroatoms. The number of oxime groups is 1. The molecule has 0 saturated heterocycles. The van der Waals surface area contributed by atoms with Crippen LogP contribution in [0.5, 0.6) is 0 Å².